The molecule has 1 aromatic heterocycles. The minimum absolute atomic E-state index is 0.290. The summed E-state index contributed by atoms with van der Waals surface area (Å²) in [6.45, 7) is 0. The van der Waals surface area contributed by atoms with Gasteiger partial charge < -0.3 is 5.11 Å². The largest absolute Gasteiger partial charge is 0.416 e. The summed E-state index contributed by atoms with van der Waals surface area (Å²) in [6, 6.07) is 8.52. The molecule has 2 aromatic rings. The summed E-state index contributed by atoms with van der Waals surface area (Å²) < 4.78 is 37.6. The van der Waals surface area contributed by atoms with Crippen molar-refractivity contribution < 1.29 is 18.3 Å². The molecule has 1 unspecified atom stereocenters. The molecule has 0 fully saturated rings. The fraction of sp³-hybridized carbons (Fsp3) is 0.231. The highest BCUT2D eigenvalue weighted by Crippen LogP contribution is 2.31. The van der Waals surface area contributed by atoms with Crippen molar-refractivity contribution in [2.75, 3.05) is 0 Å². The average Bonchev–Trinajstić information content (AvgIpc) is 2.81. The summed E-state index contributed by atoms with van der Waals surface area (Å²) in [7, 11) is 0. The Labute approximate surface area is 107 Å². The SMILES string of the molecule is OC(Cc1cccs1)c1cccc(C(F)(F)F)c1. The standard InChI is InChI=1S/C13H11F3OS/c14-13(15,16)10-4-1-3-9(7-10)12(17)8-11-5-2-6-18-11/h1-7,12,17H,8H2. The van der Waals surface area contributed by atoms with Crippen LogP contribution in [0.5, 0.6) is 0 Å². The molecule has 0 bridgehead atoms. The summed E-state index contributed by atoms with van der Waals surface area (Å²) in [6.07, 6.45) is -4.96. The van der Waals surface area contributed by atoms with E-state index in [-0.39, 0.29) is 0 Å². The number of benzene rings is 1. The van der Waals surface area contributed by atoms with E-state index in [0.717, 1.165) is 17.0 Å². The van der Waals surface area contributed by atoms with Gasteiger partial charge in [0.1, 0.15) is 0 Å². The first-order chi connectivity index (χ1) is 8.47. The van der Waals surface area contributed by atoms with E-state index in [9.17, 15) is 18.3 Å². The van der Waals surface area contributed by atoms with E-state index < -0.39 is 17.8 Å². The van der Waals surface area contributed by atoms with E-state index in [1.165, 1.54) is 23.5 Å². The quantitative estimate of drug-likeness (QED) is 0.894. The maximum atomic E-state index is 12.5. The van der Waals surface area contributed by atoms with Gasteiger partial charge in [-0.15, -0.1) is 11.3 Å². The maximum Gasteiger partial charge on any atom is 0.416 e. The van der Waals surface area contributed by atoms with Crippen LogP contribution in [0.15, 0.2) is 41.8 Å². The van der Waals surface area contributed by atoms with Crippen LogP contribution in [-0.2, 0) is 12.6 Å². The first-order valence-electron chi connectivity index (χ1n) is 5.34. The molecule has 0 spiro atoms. The van der Waals surface area contributed by atoms with Gasteiger partial charge in [-0.25, -0.2) is 0 Å². The molecule has 1 nitrogen and oxygen atoms in total. The van der Waals surface area contributed by atoms with E-state index in [2.05, 4.69) is 0 Å². The predicted molar refractivity (Wildman–Crippen MR) is 64.4 cm³/mol. The second kappa shape index (κ2) is 5.12. The molecular formula is C13H11F3OS. The fourth-order valence-electron chi connectivity index (χ4n) is 1.66. The molecule has 1 aromatic carbocycles. The molecule has 0 aliphatic carbocycles. The Morgan fingerprint density at radius 1 is 1.17 bits per heavy atom. The van der Waals surface area contributed by atoms with E-state index in [0.29, 0.717) is 12.0 Å². The van der Waals surface area contributed by atoms with Crippen molar-refractivity contribution in [2.24, 2.45) is 0 Å². The second-order valence-corrected chi connectivity index (χ2v) is 4.95. The number of aliphatic hydroxyl groups excluding tert-OH is 1. The minimum atomic E-state index is -4.38. The van der Waals surface area contributed by atoms with Crippen molar-refractivity contribution >= 4 is 11.3 Å². The fourth-order valence-corrected chi connectivity index (χ4v) is 2.40. The van der Waals surface area contributed by atoms with Gasteiger partial charge in [-0.2, -0.15) is 13.2 Å². The van der Waals surface area contributed by atoms with Crippen LogP contribution in [0.1, 0.15) is 22.1 Å². The van der Waals surface area contributed by atoms with Crippen LogP contribution in [0.2, 0.25) is 0 Å². The highest BCUT2D eigenvalue weighted by Gasteiger charge is 2.30. The van der Waals surface area contributed by atoms with Crippen LogP contribution in [-0.4, -0.2) is 5.11 Å². The molecule has 0 saturated heterocycles. The minimum Gasteiger partial charge on any atom is -0.388 e. The number of hydrogen-bond donors (Lipinski definition) is 1. The molecule has 0 saturated carbocycles. The Hall–Kier alpha value is -1.33. The van der Waals surface area contributed by atoms with Gasteiger partial charge in [0.25, 0.3) is 0 Å². The molecule has 96 valence electrons. The van der Waals surface area contributed by atoms with Gasteiger partial charge in [-0.3, -0.25) is 0 Å². The first-order valence-corrected chi connectivity index (χ1v) is 6.22. The third-order valence-corrected chi connectivity index (χ3v) is 3.47. The lowest BCUT2D eigenvalue weighted by Crippen LogP contribution is -2.07. The third kappa shape index (κ3) is 3.11. The number of halogens is 3. The van der Waals surface area contributed by atoms with Crippen molar-refractivity contribution in [3.8, 4) is 0 Å². The summed E-state index contributed by atoms with van der Waals surface area (Å²) >= 11 is 1.47. The number of rotatable bonds is 3. The molecule has 2 rings (SSSR count). The van der Waals surface area contributed by atoms with Gasteiger partial charge in [0.2, 0.25) is 0 Å². The molecule has 0 radical (unpaired) electrons. The van der Waals surface area contributed by atoms with Gasteiger partial charge in [0.15, 0.2) is 0 Å². The van der Waals surface area contributed by atoms with Gasteiger partial charge in [0, 0.05) is 11.3 Å². The van der Waals surface area contributed by atoms with Crippen molar-refractivity contribution in [2.45, 2.75) is 18.7 Å². The van der Waals surface area contributed by atoms with Crippen molar-refractivity contribution in [1.29, 1.82) is 0 Å². The van der Waals surface area contributed by atoms with Crippen molar-refractivity contribution in [1.82, 2.24) is 0 Å². The van der Waals surface area contributed by atoms with E-state index in [1.54, 1.807) is 0 Å². The van der Waals surface area contributed by atoms with Crippen LogP contribution < -0.4 is 0 Å². The number of alkyl halides is 3. The zero-order valence-electron chi connectivity index (χ0n) is 9.32. The monoisotopic (exact) mass is 272 g/mol. The van der Waals surface area contributed by atoms with Crippen molar-refractivity contribution in [3.63, 3.8) is 0 Å². The second-order valence-electron chi connectivity index (χ2n) is 3.92. The Bertz CT molecular complexity index is 505. The van der Waals surface area contributed by atoms with E-state index in [4.69, 9.17) is 0 Å². The number of aliphatic hydroxyl groups is 1. The number of thiophene rings is 1. The predicted octanol–water partition coefficient (Wildman–Crippen LogP) is 4.04. The summed E-state index contributed by atoms with van der Waals surface area (Å²) in [5, 5.41) is 11.8. The van der Waals surface area contributed by atoms with Gasteiger partial charge in [-0.05, 0) is 29.1 Å². The molecule has 5 heteroatoms. The lowest BCUT2D eigenvalue weighted by molar-refractivity contribution is -0.137. The van der Waals surface area contributed by atoms with E-state index in [1.807, 2.05) is 17.5 Å². The molecule has 0 amide bonds. The number of hydrogen-bond acceptors (Lipinski definition) is 2. The van der Waals surface area contributed by atoms with Crippen LogP contribution in [0.4, 0.5) is 13.2 Å². The first kappa shape index (κ1) is 13.1. The lowest BCUT2D eigenvalue weighted by Gasteiger charge is -2.13. The Morgan fingerprint density at radius 3 is 2.56 bits per heavy atom. The molecule has 0 aliphatic heterocycles. The molecule has 1 N–H and O–H groups in total. The molecule has 1 heterocycles. The van der Waals surface area contributed by atoms with Crippen LogP contribution in [0, 0.1) is 0 Å². The Balaban J connectivity index is 2.18. The van der Waals surface area contributed by atoms with Gasteiger partial charge in [0.05, 0.1) is 11.7 Å². The summed E-state index contributed by atoms with van der Waals surface area (Å²) in [5.41, 5.74) is -0.441. The average molecular weight is 272 g/mol. The highest BCUT2D eigenvalue weighted by atomic mass is 32.1. The smallest absolute Gasteiger partial charge is 0.388 e. The topological polar surface area (TPSA) is 20.2 Å². The Kier molecular flexibility index (Phi) is 3.73. The molecule has 18 heavy (non-hydrogen) atoms. The lowest BCUT2D eigenvalue weighted by atomic mass is 10.0. The van der Waals surface area contributed by atoms with Crippen LogP contribution >= 0.6 is 11.3 Å². The molecule has 0 aliphatic rings. The normalized spacial score (nSPS) is 13.6. The molecular weight excluding hydrogens is 261 g/mol. The van der Waals surface area contributed by atoms with Crippen molar-refractivity contribution in [3.05, 3.63) is 57.8 Å². The molecule has 1 atom stereocenters. The van der Waals surface area contributed by atoms with Gasteiger partial charge in [-0.1, -0.05) is 18.2 Å². The third-order valence-electron chi connectivity index (χ3n) is 2.57. The summed E-state index contributed by atoms with van der Waals surface area (Å²) in [5.74, 6) is 0. The van der Waals surface area contributed by atoms with E-state index >= 15 is 0 Å². The highest BCUT2D eigenvalue weighted by molar-refractivity contribution is 7.09. The zero-order chi connectivity index (χ0) is 13.2. The van der Waals surface area contributed by atoms with Crippen LogP contribution in [0.3, 0.4) is 0 Å². The maximum absolute atomic E-state index is 12.5. The Morgan fingerprint density at radius 2 is 1.94 bits per heavy atom. The van der Waals surface area contributed by atoms with Crippen LogP contribution in [0.25, 0.3) is 0 Å². The summed E-state index contributed by atoms with van der Waals surface area (Å²) in [4.78, 5) is 0.944. The van der Waals surface area contributed by atoms with Gasteiger partial charge >= 0.3 is 6.18 Å². The zero-order valence-corrected chi connectivity index (χ0v) is 10.1.